The van der Waals surface area contributed by atoms with Gasteiger partial charge < -0.3 is 14.2 Å². The fourth-order valence-corrected chi connectivity index (χ4v) is 0.261. The molecule has 0 aliphatic carbocycles. The molecule has 0 radical (unpaired) electrons. The van der Waals surface area contributed by atoms with Crippen LogP contribution in [0.25, 0.3) is 0 Å². The summed E-state index contributed by atoms with van der Waals surface area (Å²) in [4.78, 5) is 20.6. The number of ether oxygens (including phenoxy) is 3. The molecule has 0 spiro atoms. The van der Waals surface area contributed by atoms with Crippen molar-refractivity contribution in [1.29, 1.82) is 0 Å². The predicted molar refractivity (Wildman–Crippen MR) is 34.6 cm³/mol. The normalized spacial score (nSPS) is 9.27. The van der Waals surface area contributed by atoms with E-state index in [2.05, 4.69) is 14.2 Å². The highest BCUT2D eigenvalue weighted by Gasteiger charge is 1.96. The van der Waals surface area contributed by atoms with E-state index >= 15 is 0 Å². The highest BCUT2D eigenvalue weighted by Crippen LogP contribution is 1.84. The first-order valence-electron chi connectivity index (χ1n) is 2.69. The molecule has 0 aromatic carbocycles. The molecule has 0 fully saturated rings. The van der Waals surface area contributed by atoms with Crippen molar-refractivity contribution in [3.63, 3.8) is 0 Å². The second-order valence-corrected chi connectivity index (χ2v) is 1.40. The Kier molecular flexibility index (Phi) is 4.55. The predicted octanol–water partition coefficient (Wildman–Crippen LogP) is 0.456. The Bertz CT molecular complexity index is 172. The minimum Gasteiger partial charge on any atom is -0.466 e. The summed E-state index contributed by atoms with van der Waals surface area (Å²) in [6, 6.07) is 0. The maximum atomic E-state index is 10.3. The minimum atomic E-state index is -0.884. The second kappa shape index (κ2) is 5.28. The van der Waals surface area contributed by atoms with Crippen LogP contribution in [0.3, 0.4) is 0 Å². The van der Waals surface area contributed by atoms with Crippen LogP contribution in [0.2, 0.25) is 0 Å². The third kappa shape index (κ3) is 4.95. The Morgan fingerprint density at radius 1 is 1.18 bits per heavy atom. The smallest absolute Gasteiger partial charge is 0.466 e. The van der Waals surface area contributed by atoms with Gasteiger partial charge in [-0.2, -0.15) is 0 Å². The first-order chi connectivity index (χ1) is 5.20. The van der Waals surface area contributed by atoms with Crippen molar-refractivity contribution in [2.24, 2.45) is 0 Å². The number of methoxy groups -OCH3 is 2. The third-order valence-electron chi connectivity index (χ3n) is 0.736. The van der Waals surface area contributed by atoms with Gasteiger partial charge in [-0.05, 0) is 0 Å². The highest BCUT2D eigenvalue weighted by molar-refractivity contribution is 5.81. The van der Waals surface area contributed by atoms with Crippen LogP contribution in [0.5, 0.6) is 0 Å². The Morgan fingerprint density at radius 3 is 2.27 bits per heavy atom. The van der Waals surface area contributed by atoms with Crippen LogP contribution in [0.1, 0.15) is 0 Å². The van der Waals surface area contributed by atoms with E-state index in [1.165, 1.54) is 7.11 Å². The van der Waals surface area contributed by atoms with E-state index in [0.717, 1.165) is 19.4 Å². The van der Waals surface area contributed by atoms with Gasteiger partial charge in [0.15, 0.2) is 0 Å². The minimum absolute atomic E-state index is 0.603. The Hall–Kier alpha value is -1.52. The van der Waals surface area contributed by atoms with Crippen LogP contribution in [-0.4, -0.2) is 26.3 Å². The molecule has 0 aliphatic rings. The monoisotopic (exact) mass is 160 g/mol. The number of esters is 1. The maximum absolute atomic E-state index is 10.3. The molecule has 0 heterocycles. The molecule has 0 amide bonds. The zero-order valence-electron chi connectivity index (χ0n) is 6.20. The molecule has 0 N–H and O–H groups in total. The van der Waals surface area contributed by atoms with Crippen LogP contribution < -0.4 is 0 Å². The van der Waals surface area contributed by atoms with E-state index in [4.69, 9.17) is 0 Å². The zero-order valence-corrected chi connectivity index (χ0v) is 6.20. The van der Waals surface area contributed by atoms with Gasteiger partial charge in [0, 0.05) is 0 Å². The summed E-state index contributed by atoms with van der Waals surface area (Å²) in [5, 5.41) is 0. The van der Waals surface area contributed by atoms with E-state index in [9.17, 15) is 9.59 Å². The summed E-state index contributed by atoms with van der Waals surface area (Å²) in [7, 11) is 2.37. The number of hydrogen-bond donors (Lipinski definition) is 0. The summed E-state index contributed by atoms with van der Waals surface area (Å²) in [5.41, 5.74) is 0. The number of carbonyl (C=O) groups is 2. The molecular weight excluding hydrogens is 152 g/mol. The van der Waals surface area contributed by atoms with Crippen molar-refractivity contribution in [1.82, 2.24) is 0 Å². The molecular formula is C6H8O5. The lowest BCUT2D eigenvalue weighted by atomic mass is 10.6. The van der Waals surface area contributed by atoms with Gasteiger partial charge in [-0.15, -0.1) is 0 Å². The molecule has 0 rings (SSSR count). The van der Waals surface area contributed by atoms with Gasteiger partial charge in [0.25, 0.3) is 0 Å². The van der Waals surface area contributed by atoms with Crippen molar-refractivity contribution < 1.29 is 23.8 Å². The van der Waals surface area contributed by atoms with Gasteiger partial charge in [-0.25, -0.2) is 9.59 Å². The molecule has 5 nitrogen and oxygen atoms in total. The number of hydrogen-bond acceptors (Lipinski definition) is 5. The molecule has 0 aromatic heterocycles. The zero-order chi connectivity index (χ0) is 8.69. The molecule has 5 heteroatoms. The fourth-order valence-electron chi connectivity index (χ4n) is 0.261. The largest absolute Gasteiger partial charge is 0.512 e. The lowest BCUT2D eigenvalue weighted by molar-refractivity contribution is -0.134. The Labute approximate surface area is 63.5 Å². The van der Waals surface area contributed by atoms with Crippen molar-refractivity contribution in [3.05, 3.63) is 12.3 Å². The van der Waals surface area contributed by atoms with Gasteiger partial charge >= 0.3 is 12.1 Å². The molecule has 11 heavy (non-hydrogen) atoms. The van der Waals surface area contributed by atoms with E-state index in [1.807, 2.05) is 0 Å². The topological polar surface area (TPSA) is 61.8 Å². The summed E-state index contributed by atoms with van der Waals surface area (Å²) in [6.45, 7) is 0. The van der Waals surface area contributed by atoms with Crippen LogP contribution in [-0.2, 0) is 19.0 Å². The number of carbonyl (C=O) groups excluding carboxylic acids is 2. The van der Waals surface area contributed by atoms with Crippen LogP contribution >= 0.6 is 0 Å². The molecule has 0 bridgehead atoms. The quantitative estimate of drug-likeness (QED) is 0.333. The molecule has 0 aromatic rings. The van der Waals surface area contributed by atoms with Gasteiger partial charge in [0.05, 0.1) is 20.3 Å². The van der Waals surface area contributed by atoms with E-state index in [1.54, 1.807) is 0 Å². The Balaban J connectivity index is 3.60. The van der Waals surface area contributed by atoms with Gasteiger partial charge in [0.2, 0.25) is 0 Å². The van der Waals surface area contributed by atoms with E-state index in [0.29, 0.717) is 0 Å². The van der Waals surface area contributed by atoms with Crippen molar-refractivity contribution in [3.8, 4) is 0 Å². The highest BCUT2D eigenvalue weighted by atomic mass is 16.7. The maximum Gasteiger partial charge on any atom is 0.512 e. The molecule has 0 saturated carbocycles. The lowest BCUT2D eigenvalue weighted by Gasteiger charge is -1.93. The average Bonchev–Trinajstić information content (AvgIpc) is 2.04. The fraction of sp³-hybridized carbons (Fsp3) is 0.333. The molecule has 0 unspecified atom stereocenters. The summed E-state index contributed by atoms with van der Waals surface area (Å²) in [6.07, 6.45) is 0.958. The lowest BCUT2D eigenvalue weighted by Crippen LogP contribution is -2.00. The standard InChI is InChI=1S/C6H8O5/c1-9-5(7)3-4-11-6(8)10-2/h3-4H,1-2H3/b4-3+. The van der Waals surface area contributed by atoms with Crippen molar-refractivity contribution in [2.75, 3.05) is 14.2 Å². The summed E-state index contributed by atoms with van der Waals surface area (Å²) < 4.78 is 12.5. The first-order valence-corrected chi connectivity index (χ1v) is 2.69. The summed E-state index contributed by atoms with van der Waals surface area (Å²) >= 11 is 0. The van der Waals surface area contributed by atoms with E-state index in [-0.39, 0.29) is 0 Å². The second-order valence-electron chi connectivity index (χ2n) is 1.40. The average molecular weight is 160 g/mol. The van der Waals surface area contributed by atoms with Crippen LogP contribution in [0.4, 0.5) is 4.79 Å². The van der Waals surface area contributed by atoms with E-state index < -0.39 is 12.1 Å². The molecule has 0 aliphatic heterocycles. The molecule has 62 valence electrons. The van der Waals surface area contributed by atoms with Gasteiger partial charge in [-0.3, -0.25) is 0 Å². The van der Waals surface area contributed by atoms with Crippen LogP contribution in [0.15, 0.2) is 12.3 Å². The van der Waals surface area contributed by atoms with Crippen LogP contribution in [0, 0.1) is 0 Å². The van der Waals surface area contributed by atoms with Crippen molar-refractivity contribution >= 4 is 12.1 Å². The SMILES string of the molecule is COC(=O)/C=C/OC(=O)OC. The molecule has 0 atom stereocenters. The number of rotatable bonds is 2. The summed E-state index contributed by atoms with van der Waals surface area (Å²) in [5.74, 6) is -0.603. The third-order valence-corrected chi connectivity index (χ3v) is 0.736. The Morgan fingerprint density at radius 2 is 1.82 bits per heavy atom. The van der Waals surface area contributed by atoms with Gasteiger partial charge in [0.1, 0.15) is 6.26 Å². The van der Waals surface area contributed by atoms with Gasteiger partial charge in [-0.1, -0.05) is 0 Å². The first kappa shape index (κ1) is 9.48. The molecule has 0 saturated heterocycles. The van der Waals surface area contributed by atoms with Crippen molar-refractivity contribution in [2.45, 2.75) is 0 Å².